The van der Waals surface area contributed by atoms with Crippen molar-refractivity contribution < 1.29 is 19.1 Å². The van der Waals surface area contributed by atoms with Crippen molar-refractivity contribution in [3.05, 3.63) is 48.6 Å². The molecule has 0 aromatic heterocycles. The predicted octanol–water partition coefficient (Wildman–Crippen LogP) is 1.99. The second-order valence-corrected chi connectivity index (χ2v) is 4.20. The topological polar surface area (TPSA) is 52.6 Å². The number of cyclic esters (lactones) is 1. The van der Waals surface area contributed by atoms with Gasteiger partial charge >= 0.3 is 11.9 Å². The van der Waals surface area contributed by atoms with E-state index < -0.39 is 11.6 Å². The summed E-state index contributed by atoms with van der Waals surface area (Å²) in [4.78, 5) is 22.8. The highest BCUT2D eigenvalue weighted by atomic mass is 16.6. The fourth-order valence-corrected chi connectivity index (χ4v) is 1.84. The van der Waals surface area contributed by atoms with Crippen LogP contribution in [0.5, 0.6) is 0 Å². The first kappa shape index (κ1) is 12.4. The van der Waals surface area contributed by atoms with Crippen molar-refractivity contribution in [3.8, 4) is 0 Å². The first-order valence-corrected chi connectivity index (χ1v) is 5.70. The quantitative estimate of drug-likeness (QED) is 0.589. The van der Waals surface area contributed by atoms with Gasteiger partial charge in [0, 0.05) is 6.42 Å². The lowest BCUT2D eigenvalue weighted by Crippen LogP contribution is -2.54. The van der Waals surface area contributed by atoms with E-state index in [-0.39, 0.29) is 25.4 Å². The van der Waals surface area contributed by atoms with Gasteiger partial charge in [0.15, 0.2) is 0 Å². The van der Waals surface area contributed by atoms with Crippen molar-refractivity contribution in [2.45, 2.75) is 25.0 Å². The molecule has 0 aliphatic carbocycles. The van der Waals surface area contributed by atoms with Gasteiger partial charge in [0.1, 0.15) is 6.61 Å². The monoisotopic (exact) mass is 246 g/mol. The number of rotatable bonds is 5. The van der Waals surface area contributed by atoms with E-state index in [9.17, 15) is 9.59 Å². The van der Waals surface area contributed by atoms with E-state index in [2.05, 4.69) is 6.58 Å². The molecule has 2 rings (SSSR count). The highest BCUT2D eigenvalue weighted by molar-refractivity contribution is 5.93. The Morgan fingerprint density at radius 2 is 2.11 bits per heavy atom. The van der Waals surface area contributed by atoms with Gasteiger partial charge in [-0.3, -0.25) is 4.79 Å². The smallest absolute Gasteiger partial charge is 0.351 e. The zero-order chi connectivity index (χ0) is 13.0. The van der Waals surface area contributed by atoms with Crippen LogP contribution in [0.2, 0.25) is 0 Å². The summed E-state index contributed by atoms with van der Waals surface area (Å²) in [5.74, 6) is -0.889. The molecule has 1 aromatic rings. The minimum absolute atomic E-state index is 0.0621. The molecule has 1 aliphatic heterocycles. The predicted molar refractivity (Wildman–Crippen MR) is 64.5 cm³/mol. The van der Waals surface area contributed by atoms with E-state index in [0.717, 1.165) is 5.56 Å². The Labute approximate surface area is 105 Å². The van der Waals surface area contributed by atoms with Gasteiger partial charge in [-0.05, 0) is 5.56 Å². The summed E-state index contributed by atoms with van der Waals surface area (Å²) >= 11 is 0. The molecule has 1 atom stereocenters. The summed E-state index contributed by atoms with van der Waals surface area (Å²) in [5.41, 5.74) is -0.251. The maximum atomic E-state index is 11.9. The summed E-state index contributed by atoms with van der Waals surface area (Å²) in [6, 6.07) is 9.34. The molecule has 0 spiro atoms. The van der Waals surface area contributed by atoms with Gasteiger partial charge in [-0.25, -0.2) is 4.79 Å². The summed E-state index contributed by atoms with van der Waals surface area (Å²) in [6.07, 6.45) is 1.90. The van der Waals surface area contributed by atoms with E-state index in [1.54, 1.807) is 6.08 Å². The van der Waals surface area contributed by atoms with Crippen LogP contribution in [0.25, 0.3) is 0 Å². The third-order valence-corrected chi connectivity index (χ3v) is 2.80. The molecule has 1 saturated heterocycles. The Hall–Kier alpha value is -2.10. The molecule has 0 amide bonds. The Bertz CT molecular complexity index is 450. The molecular formula is C14H14O4. The van der Waals surface area contributed by atoms with Gasteiger partial charge in [0.2, 0.25) is 5.60 Å². The molecule has 1 heterocycles. The second kappa shape index (κ2) is 5.04. The van der Waals surface area contributed by atoms with E-state index in [4.69, 9.17) is 9.47 Å². The zero-order valence-electron chi connectivity index (χ0n) is 9.93. The normalized spacial score (nSPS) is 21.7. The van der Waals surface area contributed by atoms with E-state index in [0.29, 0.717) is 0 Å². The Morgan fingerprint density at radius 3 is 2.67 bits per heavy atom. The van der Waals surface area contributed by atoms with Crippen LogP contribution in [-0.4, -0.2) is 17.5 Å². The lowest BCUT2D eigenvalue weighted by molar-refractivity contribution is -0.208. The molecule has 18 heavy (non-hydrogen) atoms. The molecule has 0 N–H and O–H groups in total. The Morgan fingerprint density at radius 1 is 1.44 bits per heavy atom. The van der Waals surface area contributed by atoms with Gasteiger partial charge in [-0.15, -0.1) is 6.58 Å². The summed E-state index contributed by atoms with van der Waals surface area (Å²) in [5, 5.41) is 0. The number of benzene rings is 1. The average Bonchev–Trinajstić information content (AvgIpc) is 2.35. The molecular weight excluding hydrogens is 232 g/mol. The van der Waals surface area contributed by atoms with E-state index in [1.807, 2.05) is 30.3 Å². The first-order chi connectivity index (χ1) is 8.66. The third kappa shape index (κ3) is 2.42. The Balaban J connectivity index is 1.94. The van der Waals surface area contributed by atoms with Crippen molar-refractivity contribution >= 4 is 11.9 Å². The van der Waals surface area contributed by atoms with Gasteiger partial charge in [0.05, 0.1) is 6.42 Å². The molecule has 0 saturated carbocycles. The van der Waals surface area contributed by atoms with Gasteiger partial charge < -0.3 is 9.47 Å². The third-order valence-electron chi connectivity index (χ3n) is 2.80. The van der Waals surface area contributed by atoms with Crippen molar-refractivity contribution in [2.75, 3.05) is 0 Å². The van der Waals surface area contributed by atoms with Crippen LogP contribution in [-0.2, 0) is 25.7 Å². The number of ether oxygens (including phenoxy) is 2. The molecule has 1 aromatic carbocycles. The van der Waals surface area contributed by atoms with Crippen LogP contribution in [0, 0.1) is 0 Å². The standard InChI is InChI=1S/C14H14O4/c1-2-8-14(9-12(15)18-14)13(16)17-10-11-6-4-3-5-7-11/h2-7H,1,8-10H2/t14-/m1/s1. The van der Waals surface area contributed by atoms with Crippen LogP contribution >= 0.6 is 0 Å². The van der Waals surface area contributed by atoms with Gasteiger partial charge in [0.25, 0.3) is 0 Å². The number of carbonyl (C=O) groups excluding carboxylic acids is 2. The first-order valence-electron chi connectivity index (χ1n) is 5.70. The lowest BCUT2D eigenvalue weighted by Gasteiger charge is -2.37. The number of carbonyl (C=O) groups is 2. The van der Waals surface area contributed by atoms with E-state index in [1.165, 1.54) is 0 Å². The molecule has 0 radical (unpaired) electrons. The second-order valence-electron chi connectivity index (χ2n) is 4.20. The molecule has 94 valence electrons. The molecule has 4 heteroatoms. The minimum Gasteiger partial charge on any atom is -0.458 e. The minimum atomic E-state index is -1.15. The number of esters is 2. The van der Waals surface area contributed by atoms with Crippen LogP contribution in [0.4, 0.5) is 0 Å². The molecule has 1 fully saturated rings. The average molecular weight is 246 g/mol. The van der Waals surface area contributed by atoms with Crippen LogP contribution in [0.1, 0.15) is 18.4 Å². The number of hydrogen-bond acceptors (Lipinski definition) is 4. The lowest BCUT2D eigenvalue weighted by atomic mass is 9.90. The fraction of sp³-hybridized carbons (Fsp3) is 0.286. The van der Waals surface area contributed by atoms with Gasteiger partial charge in [-0.2, -0.15) is 0 Å². The highest BCUT2D eigenvalue weighted by Gasteiger charge is 2.53. The van der Waals surface area contributed by atoms with Crippen molar-refractivity contribution in [1.29, 1.82) is 0 Å². The molecule has 4 nitrogen and oxygen atoms in total. The van der Waals surface area contributed by atoms with E-state index >= 15 is 0 Å². The summed E-state index contributed by atoms with van der Waals surface area (Å²) < 4.78 is 10.1. The molecule has 1 aliphatic rings. The van der Waals surface area contributed by atoms with Gasteiger partial charge in [-0.1, -0.05) is 36.4 Å². The Kier molecular flexibility index (Phi) is 3.46. The van der Waals surface area contributed by atoms with Crippen molar-refractivity contribution in [1.82, 2.24) is 0 Å². The van der Waals surface area contributed by atoms with Crippen LogP contribution in [0.15, 0.2) is 43.0 Å². The summed E-state index contributed by atoms with van der Waals surface area (Å²) in [7, 11) is 0. The highest BCUT2D eigenvalue weighted by Crippen LogP contribution is 2.33. The number of hydrogen-bond donors (Lipinski definition) is 0. The zero-order valence-corrected chi connectivity index (χ0v) is 9.93. The maximum Gasteiger partial charge on any atom is 0.351 e. The molecule has 0 unspecified atom stereocenters. The largest absolute Gasteiger partial charge is 0.458 e. The van der Waals surface area contributed by atoms with Crippen LogP contribution < -0.4 is 0 Å². The SMILES string of the molecule is C=CC[C@]1(C(=O)OCc2ccccc2)CC(=O)O1. The van der Waals surface area contributed by atoms with Crippen molar-refractivity contribution in [3.63, 3.8) is 0 Å². The van der Waals surface area contributed by atoms with Crippen LogP contribution in [0.3, 0.4) is 0 Å². The summed E-state index contributed by atoms with van der Waals surface area (Å²) in [6.45, 7) is 3.73. The maximum absolute atomic E-state index is 11.9. The molecule has 0 bridgehead atoms. The van der Waals surface area contributed by atoms with Crippen molar-refractivity contribution in [2.24, 2.45) is 0 Å². The fourth-order valence-electron chi connectivity index (χ4n) is 1.84.